The van der Waals surface area contributed by atoms with Crippen molar-refractivity contribution >= 4 is 34.4 Å². The summed E-state index contributed by atoms with van der Waals surface area (Å²) >= 11 is 0. The first-order chi connectivity index (χ1) is 15.8. The summed E-state index contributed by atoms with van der Waals surface area (Å²) in [6.07, 6.45) is 5.48. The number of benzene rings is 1. The van der Waals surface area contributed by atoms with Gasteiger partial charge in [0.2, 0.25) is 0 Å². The lowest BCUT2D eigenvalue weighted by atomic mass is 9.98. The third-order valence-corrected chi connectivity index (χ3v) is 5.41. The van der Waals surface area contributed by atoms with Crippen molar-refractivity contribution in [2.75, 3.05) is 25.9 Å². The molecule has 4 rings (SSSR count). The zero-order valence-electron chi connectivity index (χ0n) is 19.8. The smallest absolute Gasteiger partial charge is 0.272 e. The molecule has 7 heteroatoms. The molecule has 172 valence electrons. The van der Waals surface area contributed by atoms with E-state index >= 15 is 0 Å². The van der Waals surface area contributed by atoms with Crippen LogP contribution in [0.1, 0.15) is 43.7 Å². The van der Waals surface area contributed by atoms with Gasteiger partial charge in [-0.1, -0.05) is 44.2 Å². The van der Waals surface area contributed by atoms with Crippen LogP contribution in [0.5, 0.6) is 0 Å². The largest absolute Gasteiger partial charge is 0.383 e. The Morgan fingerprint density at radius 3 is 2.42 bits per heavy atom. The van der Waals surface area contributed by atoms with Gasteiger partial charge in [0, 0.05) is 30.4 Å². The first-order valence-electron chi connectivity index (χ1n) is 11.1. The first kappa shape index (κ1) is 24.0. The molecule has 0 radical (unpaired) electrons. The molecule has 1 saturated heterocycles. The zero-order chi connectivity index (χ0) is 24.2. The number of fused-ring (bicyclic) bond motifs is 1. The maximum atomic E-state index is 13.8. The van der Waals surface area contributed by atoms with E-state index in [0.29, 0.717) is 16.7 Å². The summed E-state index contributed by atoms with van der Waals surface area (Å²) in [7, 11) is 1.74. The van der Waals surface area contributed by atoms with Crippen molar-refractivity contribution in [2.45, 2.75) is 33.4 Å². The third kappa shape index (κ3) is 4.92. The third-order valence-electron chi connectivity index (χ3n) is 5.41. The highest BCUT2D eigenvalue weighted by atomic mass is 19.1. The number of amides is 1. The summed E-state index contributed by atoms with van der Waals surface area (Å²) in [5.74, 6) is 0.0581. The van der Waals surface area contributed by atoms with Crippen molar-refractivity contribution < 1.29 is 9.18 Å². The van der Waals surface area contributed by atoms with E-state index in [1.54, 1.807) is 25.4 Å². The number of likely N-dealkylation sites (tertiary alicyclic amines) is 1. The van der Waals surface area contributed by atoms with Gasteiger partial charge in [0.15, 0.2) is 0 Å². The van der Waals surface area contributed by atoms with Crippen molar-refractivity contribution in [1.82, 2.24) is 14.9 Å². The van der Waals surface area contributed by atoms with Gasteiger partial charge in [-0.05, 0) is 42.7 Å². The molecule has 1 aliphatic rings. The Morgan fingerprint density at radius 2 is 1.85 bits per heavy atom. The van der Waals surface area contributed by atoms with Crippen molar-refractivity contribution in [3.63, 3.8) is 0 Å². The molecule has 1 fully saturated rings. The number of aromatic nitrogens is 2. The highest BCUT2D eigenvalue weighted by molar-refractivity contribution is 6.10. The molecule has 2 N–H and O–H groups in total. The molecule has 1 aliphatic heterocycles. The van der Waals surface area contributed by atoms with E-state index in [1.165, 1.54) is 11.8 Å². The monoisotopic (exact) mass is 447 g/mol. The van der Waals surface area contributed by atoms with Crippen molar-refractivity contribution in [1.29, 1.82) is 0 Å². The van der Waals surface area contributed by atoms with Crippen LogP contribution < -0.4 is 5.73 Å². The second-order valence-corrected chi connectivity index (χ2v) is 7.93. The van der Waals surface area contributed by atoms with Crippen LogP contribution in [0.3, 0.4) is 0 Å². The van der Waals surface area contributed by atoms with E-state index in [0.717, 1.165) is 22.3 Å². The molecular formula is C26H30FN5O. The predicted molar refractivity (Wildman–Crippen MR) is 134 cm³/mol. The Bertz CT molecular complexity index is 1210. The number of carbonyl (C=O) groups excluding carboxylic acids is 1. The molecule has 33 heavy (non-hydrogen) atoms. The molecule has 0 unspecified atom stereocenters. The minimum atomic E-state index is -1.33. The lowest BCUT2D eigenvalue weighted by molar-refractivity contribution is -0.00820. The summed E-state index contributed by atoms with van der Waals surface area (Å²) in [4.78, 5) is 27.2. The predicted octanol–water partition coefficient (Wildman–Crippen LogP) is 5.19. The highest BCUT2D eigenvalue weighted by Crippen LogP contribution is 2.31. The summed E-state index contributed by atoms with van der Waals surface area (Å²) in [6, 6.07) is 11.3. The van der Waals surface area contributed by atoms with Gasteiger partial charge in [0.05, 0.1) is 18.6 Å². The number of allylic oxidation sites excluding steroid dienone is 2. The maximum Gasteiger partial charge on any atom is 0.272 e. The second-order valence-electron chi connectivity index (χ2n) is 7.93. The SMILES string of the molecule is C/C=C(\C=NC)c1ccc(-c2cnc(N)c3ccc(C(=O)N4CC(C)(F)C4)nc23)cc1.CC. The van der Waals surface area contributed by atoms with Gasteiger partial charge in [-0.15, -0.1) is 0 Å². The number of nitrogens with two attached hydrogens (primary N) is 1. The second kappa shape index (κ2) is 9.90. The number of rotatable bonds is 4. The molecular weight excluding hydrogens is 417 g/mol. The van der Waals surface area contributed by atoms with Crippen LogP contribution in [-0.4, -0.2) is 52.8 Å². The average molecular weight is 448 g/mol. The molecule has 0 spiro atoms. The van der Waals surface area contributed by atoms with Crippen LogP contribution >= 0.6 is 0 Å². The topological polar surface area (TPSA) is 84.5 Å². The van der Waals surface area contributed by atoms with Gasteiger partial charge in [0.1, 0.15) is 17.2 Å². The Balaban J connectivity index is 0.00000149. The van der Waals surface area contributed by atoms with Gasteiger partial charge in [0.25, 0.3) is 5.91 Å². The van der Waals surface area contributed by atoms with Gasteiger partial charge in [-0.2, -0.15) is 0 Å². The fourth-order valence-corrected chi connectivity index (χ4v) is 3.82. The Kier molecular flexibility index (Phi) is 7.21. The number of hydrogen-bond donors (Lipinski definition) is 1. The number of anilines is 1. The van der Waals surface area contributed by atoms with Crippen molar-refractivity contribution in [2.24, 2.45) is 4.99 Å². The summed E-state index contributed by atoms with van der Waals surface area (Å²) in [5.41, 5.74) is 9.33. The molecule has 0 atom stereocenters. The Labute approximate surface area is 194 Å². The van der Waals surface area contributed by atoms with Crippen LogP contribution in [-0.2, 0) is 0 Å². The summed E-state index contributed by atoms with van der Waals surface area (Å²) in [6.45, 7) is 7.61. The average Bonchev–Trinajstić information content (AvgIpc) is 2.82. The number of carbonyl (C=O) groups is 1. The number of halogens is 1. The normalized spacial score (nSPS) is 15.2. The first-order valence-corrected chi connectivity index (χ1v) is 11.1. The number of aliphatic imine (C=N–C) groups is 1. The number of pyridine rings is 2. The maximum absolute atomic E-state index is 13.8. The van der Waals surface area contributed by atoms with E-state index in [4.69, 9.17) is 5.73 Å². The van der Waals surface area contributed by atoms with E-state index in [9.17, 15) is 9.18 Å². The highest BCUT2D eigenvalue weighted by Gasteiger charge is 2.42. The van der Waals surface area contributed by atoms with Crippen LogP contribution in [0.15, 0.2) is 53.7 Å². The number of nitrogens with zero attached hydrogens (tertiary/aromatic N) is 4. The molecule has 0 saturated carbocycles. The molecule has 0 aliphatic carbocycles. The van der Waals surface area contributed by atoms with E-state index in [2.05, 4.69) is 15.0 Å². The van der Waals surface area contributed by atoms with E-state index in [1.807, 2.05) is 57.3 Å². The molecule has 0 bridgehead atoms. The van der Waals surface area contributed by atoms with Crippen LogP contribution in [0, 0.1) is 0 Å². The minimum absolute atomic E-state index is 0.0761. The van der Waals surface area contributed by atoms with Crippen LogP contribution in [0.4, 0.5) is 10.2 Å². The fraction of sp³-hybridized carbons (Fsp3) is 0.308. The molecule has 1 aromatic carbocycles. The van der Waals surface area contributed by atoms with Crippen LogP contribution in [0.25, 0.3) is 27.6 Å². The number of hydrogen-bond acceptors (Lipinski definition) is 5. The molecule has 3 heterocycles. The fourth-order valence-electron chi connectivity index (χ4n) is 3.82. The van der Waals surface area contributed by atoms with E-state index in [-0.39, 0.29) is 24.7 Å². The quantitative estimate of drug-likeness (QED) is 0.558. The van der Waals surface area contributed by atoms with Gasteiger partial charge in [-0.3, -0.25) is 9.79 Å². The Morgan fingerprint density at radius 1 is 1.18 bits per heavy atom. The van der Waals surface area contributed by atoms with E-state index < -0.39 is 5.67 Å². The Hall–Kier alpha value is -3.61. The van der Waals surface area contributed by atoms with Crippen LogP contribution in [0.2, 0.25) is 0 Å². The summed E-state index contributed by atoms with van der Waals surface area (Å²) < 4.78 is 13.8. The molecule has 3 aromatic rings. The molecule has 2 aromatic heterocycles. The zero-order valence-corrected chi connectivity index (χ0v) is 19.8. The molecule has 1 amide bonds. The lowest BCUT2D eigenvalue weighted by Crippen LogP contribution is -2.59. The van der Waals surface area contributed by atoms with Crippen molar-refractivity contribution in [3.8, 4) is 11.1 Å². The lowest BCUT2D eigenvalue weighted by Gasteiger charge is -2.41. The molecule has 6 nitrogen and oxygen atoms in total. The van der Waals surface area contributed by atoms with Gasteiger partial charge >= 0.3 is 0 Å². The van der Waals surface area contributed by atoms with Gasteiger partial charge in [-0.25, -0.2) is 14.4 Å². The standard InChI is InChI=1S/C24H24FN5O.C2H6/c1-4-15(11-27-3)16-5-7-17(8-6-16)19-12-28-22(26)18-9-10-20(29-21(18)19)23(31)30-13-24(2,25)14-30;1-2/h4-12H,13-14H2,1-3H3,(H2,26,28);1-2H3/b15-4+,27-11?;. The van der Waals surface area contributed by atoms with Crippen molar-refractivity contribution in [3.05, 3.63) is 59.9 Å². The minimum Gasteiger partial charge on any atom is -0.383 e. The summed E-state index contributed by atoms with van der Waals surface area (Å²) in [5, 5.41) is 0.671. The number of nitrogen functional groups attached to an aromatic ring is 1. The van der Waals surface area contributed by atoms with Gasteiger partial charge < -0.3 is 10.6 Å². The number of alkyl halides is 1.